The number of aromatic nitrogens is 2. The molecule has 0 N–H and O–H groups in total. The molecule has 96 valence electrons. The third-order valence-corrected chi connectivity index (χ3v) is 3.67. The van der Waals surface area contributed by atoms with E-state index in [1.807, 2.05) is 30.3 Å². The van der Waals surface area contributed by atoms with E-state index in [0.717, 1.165) is 35.0 Å². The summed E-state index contributed by atoms with van der Waals surface area (Å²) in [4.78, 5) is 0. The minimum absolute atomic E-state index is 0.633. The Morgan fingerprint density at radius 1 is 1.06 bits per heavy atom. The first-order chi connectivity index (χ1) is 8.88. The summed E-state index contributed by atoms with van der Waals surface area (Å²) in [6.07, 6.45) is 2.67. The lowest BCUT2D eigenvalue weighted by molar-refractivity contribution is 0.321. The van der Waals surface area contributed by atoms with Gasteiger partial charge in [-0.05, 0) is 18.6 Å². The maximum absolute atomic E-state index is 5.65. The van der Waals surface area contributed by atoms with Crippen LogP contribution < -0.4 is 4.74 Å². The number of hydrogen-bond acceptors (Lipinski definition) is 4. The normalized spacial score (nSPS) is 10.5. The number of alkyl halides is 1. The molecule has 5 heteroatoms. The number of nitrogens with zero attached hydrogens (tertiary/aromatic N) is 2. The van der Waals surface area contributed by atoms with Crippen LogP contribution in [0.3, 0.4) is 0 Å². The number of ether oxygens (including phenoxy) is 1. The van der Waals surface area contributed by atoms with Gasteiger partial charge in [0.05, 0.1) is 6.61 Å². The summed E-state index contributed by atoms with van der Waals surface area (Å²) in [7, 11) is 0. The van der Waals surface area contributed by atoms with Gasteiger partial charge >= 0.3 is 0 Å². The molecule has 0 saturated heterocycles. The second kappa shape index (κ2) is 7.34. The molecule has 3 nitrogen and oxygen atoms in total. The minimum Gasteiger partial charge on any atom is -0.493 e. The number of para-hydroxylation sites is 1. The molecule has 2 aromatic rings. The topological polar surface area (TPSA) is 35.0 Å². The van der Waals surface area contributed by atoms with Crippen LogP contribution in [0.5, 0.6) is 5.75 Å². The van der Waals surface area contributed by atoms with Gasteiger partial charge in [0.25, 0.3) is 0 Å². The zero-order valence-electron chi connectivity index (χ0n) is 10.0. The van der Waals surface area contributed by atoms with Crippen LogP contribution in [0.4, 0.5) is 0 Å². The SMILES string of the molecule is ClCCCc1nnc(CCOc2ccccc2)s1. The lowest BCUT2D eigenvalue weighted by Gasteiger charge is -2.03. The first-order valence-corrected chi connectivity index (χ1v) is 7.28. The van der Waals surface area contributed by atoms with Crippen molar-refractivity contribution in [3.05, 3.63) is 40.3 Å². The van der Waals surface area contributed by atoms with E-state index in [-0.39, 0.29) is 0 Å². The average molecular weight is 283 g/mol. The van der Waals surface area contributed by atoms with E-state index in [1.165, 1.54) is 0 Å². The lowest BCUT2D eigenvalue weighted by Crippen LogP contribution is -2.00. The highest BCUT2D eigenvalue weighted by Gasteiger charge is 2.04. The van der Waals surface area contributed by atoms with E-state index in [0.29, 0.717) is 12.5 Å². The van der Waals surface area contributed by atoms with Crippen LogP contribution in [0.25, 0.3) is 0 Å². The van der Waals surface area contributed by atoms with Crippen LogP contribution in [0, 0.1) is 0 Å². The summed E-state index contributed by atoms with van der Waals surface area (Å²) in [5.41, 5.74) is 0. The summed E-state index contributed by atoms with van der Waals surface area (Å²) in [6.45, 7) is 0.633. The van der Waals surface area contributed by atoms with Gasteiger partial charge in [-0.25, -0.2) is 0 Å². The Labute approximate surface area is 116 Å². The van der Waals surface area contributed by atoms with Crippen molar-refractivity contribution in [1.82, 2.24) is 10.2 Å². The van der Waals surface area contributed by atoms with E-state index in [2.05, 4.69) is 10.2 Å². The van der Waals surface area contributed by atoms with Crippen LogP contribution in [0.1, 0.15) is 16.4 Å². The van der Waals surface area contributed by atoms with Crippen molar-refractivity contribution in [3.63, 3.8) is 0 Å². The first kappa shape index (κ1) is 13.3. The van der Waals surface area contributed by atoms with Crippen LogP contribution in [-0.2, 0) is 12.8 Å². The minimum atomic E-state index is 0.633. The summed E-state index contributed by atoms with van der Waals surface area (Å²) >= 11 is 7.29. The molecule has 0 aliphatic heterocycles. The summed E-state index contributed by atoms with van der Waals surface area (Å²) in [5, 5.41) is 10.4. The van der Waals surface area contributed by atoms with Gasteiger partial charge in [0.1, 0.15) is 15.8 Å². The Bertz CT molecular complexity index is 461. The fraction of sp³-hybridized carbons (Fsp3) is 0.385. The molecular weight excluding hydrogens is 268 g/mol. The molecule has 1 heterocycles. The maximum Gasteiger partial charge on any atom is 0.120 e. The fourth-order valence-corrected chi connectivity index (χ4v) is 2.48. The lowest BCUT2D eigenvalue weighted by atomic mass is 10.3. The van der Waals surface area contributed by atoms with E-state index < -0.39 is 0 Å². The standard InChI is InChI=1S/C13H15ClN2OS/c14-9-4-7-12-15-16-13(18-12)8-10-17-11-5-2-1-3-6-11/h1-3,5-6H,4,7-10H2. The highest BCUT2D eigenvalue weighted by Crippen LogP contribution is 2.14. The van der Waals surface area contributed by atoms with Gasteiger partial charge in [0.2, 0.25) is 0 Å². The van der Waals surface area contributed by atoms with Crippen molar-refractivity contribution < 1.29 is 4.74 Å². The molecule has 0 bridgehead atoms. The van der Waals surface area contributed by atoms with Gasteiger partial charge in [-0.2, -0.15) is 0 Å². The smallest absolute Gasteiger partial charge is 0.120 e. The monoisotopic (exact) mass is 282 g/mol. The molecule has 0 atom stereocenters. The van der Waals surface area contributed by atoms with Crippen molar-refractivity contribution in [2.24, 2.45) is 0 Å². The second-order valence-corrected chi connectivity index (χ2v) is 5.32. The van der Waals surface area contributed by atoms with Gasteiger partial charge < -0.3 is 4.74 Å². The zero-order chi connectivity index (χ0) is 12.6. The summed E-state index contributed by atoms with van der Waals surface area (Å²) in [6, 6.07) is 9.80. The Kier molecular flexibility index (Phi) is 5.42. The van der Waals surface area contributed by atoms with E-state index >= 15 is 0 Å². The molecule has 2 rings (SSSR count). The number of hydrogen-bond donors (Lipinski definition) is 0. The molecular formula is C13H15ClN2OS. The van der Waals surface area contributed by atoms with Gasteiger partial charge in [-0.1, -0.05) is 18.2 Å². The summed E-state index contributed by atoms with van der Waals surface area (Å²) < 4.78 is 5.62. The first-order valence-electron chi connectivity index (χ1n) is 5.93. The zero-order valence-corrected chi connectivity index (χ0v) is 11.6. The van der Waals surface area contributed by atoms with Crippen LogP contribution in [0.15, 0.2) is 30.3 Å². The number of aryl methyl sites for hydroxylation is 1. The third kappa shape index (κ3) is 4.27. The van der Waals surface area contributed by atoms with Gasteiger partial charge in [-0.3, -0.25) is 0 Å². The van der Waals surface area contributed by atoms with Crippen molar-refractivity contribution in [2.45, 2.75) is 19.3 Å². The average Bonchev–Trinajstić information content (AvgIpc) is 2.85. The maximum atomic E-state index is 5.65. The number of rotatable bonds is 7. The molecule has 0 aliphatic carbocycles. The van der Waals surface area contributed by atoms with Crippen LogP contribution in [-0.4, -0.2) is 22.7 Å². The molecule has 0 radical (unpaired) electrons. The quantitative estimate of drug-likeness (QED) is 0.731. The van der Waals surface area contributed by atoms with E-state index in [1.54, 1.807) is 11.3 Å². The number of benzene rings is 1. The van der Waals surface area contributed by atoms with Crippen LogP contribution >= 0.6 is 22.9 Å². The Morgan fingerprint density at radius 3 is 2.50 bits per heavy atom. The molecule has 0 spiro atoms. The predicted molar refractivity (Wildman–Crippen MR) is 74.6 cm³/mol. The highest BCUT2D eigenvalue weighted by molar-refractivity contribution is 7.11. The van der Waals surface area contributed by atoms with Crippen molar-refractivity contribution >= 4 is 22.9 Å². The van der Waals surface area contributed by atoms with E-state index in [9.17, 15) is 0 Å². The molecule has 0 unspecified atom stereocenters. The van der Waals surface area contributed by atoms with Crippen molar-refractivity contribution in [1.29, 1.82) is 0 Å². The molecule has 0 saturated carbocycles. The van der Waals surface area contributed by atoms with Crippen molar-refractivity contribution in [3.8, 4) is 5.75 Å². The number of halogens is 1. The Balaban J connectivity index is 1.75. The predicted octanol–water partition coefficient (Wildman–Crippen LogP) is 3.33. The molecule has 0 fully saturated rings. The third-order valence-electron chi connectivity index (χ3n) is 2.36. The van der Waals surface area contributed by atoms with Crippen LogP contribution in [0.2, 0.25) is 0 Å². The Morgan fingerprint density at radius 2 is 1.78 bits per heavy atom. The highest BCUT2D eigenvalue weighted by atomic mass is 35.5. The van der Waals surface area contributed by atoms with Crippen molar-refractivity contribution in [2.75, 3.05) is 12.5 Å². The molecule has 18 heavy (non-hydrogen) atoms. The molecule has 0 amide bonds. The molecule has 1 aromatic heterocycles. The van der Waals surface area contributed by atoms with Gasteiger partial charge in [-0.15, -0.1) is 33.1 Å². The van der Waals surface area contributed by atoms with E-state index in [4.69, 9.17) is 16.3 Å². The molecule has 0 aliphatic rings. The van der Waals surface area contributed by atoms with Gasteiger partial charge in [0, 0.05) is 18.7 Å². The second-order valence-electron chi connectivity index (χ2n) is 3.79. The summed E-state index contributed by atoms with van der Waals surface area (Å²) in [5.74, 6) is 1.57. The van der Waals surface area contributed by atoms with Gasteiger partial charge in [0.15, 0.2) is 0 Å². The largest absolute Gasteiger partial charge is 0.493 e. The molecule has 1 aromatic carbocycles. The Hall–Kier alpha value is -1.13. The fourth-order valence-electron chi connectivity index (χ4n) is 1.48.